The summed E-state index contributed by atoms with van der Waals surface area (Å²) in [6, 6.07) is 10.2. The molecular formula is C16H14N2O4. The number of rotatable bonds is 4. The average Bonchev–Trinajstić information content (AvgIpc) is 3.03. The lowest BCUT2D eigenvalue weighted by atomic mass is 10.1. The van der Waals surface area contributed by atoms with Gasteiger partial charge in [0.25, 0.3) is 11.8 Å². The summed E-state index contributed by atoms with van der Waals surface area (Å²) in [5.74, 6) is -1.82. The second-order valence-corrected chi connectivity index (χ2v) is 5.02. The highest BCUT2D eigenvalue weighted by Gasteiger charge is 2.38. The molecule has 0 fully saturated rings. The van der Waals surface area contributed by atoms with Crippen LogP contribution in [-0.2, 0) is 23.1 Å². The van der Waals surface area contributed by atoms with Crippen LogP contribution in [0.4, 0.5) is 0 Å². The van der Waals surface area contributed by atoms with E-state index < -0.39 is 17.8 Å². The van der Waals surface area contributed by atoms with Gasteiger partial charge in [-0.25, -0.2) is 4.79 Å². The number of carbonyl (C=O) groups is 3. The molecule has 22 heavy (non-hydrogen) atoms. The minimum absolute atomic E-state index is 0.0886. The van der Waals surface area contributed by atoms with E-state index >= 15 is 0 Å². The van der Waals surface area contributed by atoms with Crippen LogP contribution >= 0.6 is 0 Å². The summed E-state index contributed by atoms with van der Waals surface area (Å²) < 4.78 is 1.90. The number of hydrogen-bond donors (Lipinski definition) is 0. The number of hydroxylamine groups is 2. The molecule has 0 unspecified atom stereocenters. The van der Waals surface area contributed by atoms with Gasteiger partial charge in [0.05, 0.1) is 17.5 Å². The van der Waals surface area contributed by atoms with Crippen LogP contribution in [0, 0.1) is 0 Å². The van der Waals surface area contributed by atoms with Crippen LogP contribution in [-0.4, -0.2) is 27.4 Å². The van der Waals surface area contributed by atoms with Gasteiger partial charge in [-0.2, -0.15) is 0 Å². The lowest BCUT2D eigenvalue weighted by molar-refractivity contribution is -0.168. The fraction of sp³-hybridized carbons (Fsp3) is 0.188. The largest absolute Gasteiger partial charge is 0.354 e. The SMILES string of the molecule is Cn1cccc1CCC(=O)ON1C(=O)c2ccccc2C1=O. The summed E-state index contributed by atoms with van der Waals surface area (Å²) in [6.07, 6.45) is 2.45. The quantitative estimate of drug-likeness (QED) is 0.806. The molecule has 0 N–H and O–H groups in total. The van der Waals surface area contributed by atoms with Crippen LogP contribution in [0.1, 0.15) is 32.8 Å². The molecule has 0 aliphatic carbocycles. The first kappa shape index (κ1) is 14.1. The van der Waals surface area contributed by atoms with Gasteiger partial charge in [0.1, 0.15) is 0 Å². The predicted molar refractivity (Wildman–Crippen MR) is 76.8 cm³/mol. The summed E-state index contributed by atoms with van der Waals surface area (Å²) in [6.45, 7) is 0. The smallest absolute Gasteiger partial charge is 0.333 e. The topological polar surface area (TPSA) is 68.6 Å². The van der Waals surface area contributed by atoms with Crippen molar-refractivity contribution in [3.63, 3.8) is 0 Å². The summed E-state index contributed by atoms with van der Waals surface area (Å²) in [5, 5.41) is 0.540. The monoisotopic (exact) mass is 298 g/mol. The zero-order valence-corrected chi connectivity index (χ0v) is 12.0. The maximum absolute atomic E-state index is 12.1. The Kier molecular flexibility index (Phi) is 3.50. The number of amides is 2. The molecule has 0 spiro atoms. The fourth-order valence-electron chi connectivity index (χ4n) is 2.38. The highest BCUT2D eigenvalue weighted by molar-refractivity contribution is 6.20. The van der Waals surface area contributed by atoms with E-state index in [1.54, 1.807) is 12.1 Å². The number of nitrogens with zero attached hydrogens (tertiary/aromatic N) is 2. The van der Waals surface area contributed by atoms with Crippen molar-refractivity contribution in [1.29, 1.82) is 0 Å². The highest BCUT2D eigenvalue weighted by Crippen LogP contribution is 2.22. The van der Waals surface area contributed by atoms with Crippen molar-refractivity contribution >= 4 is 17.8 Å². The molecule has 3 rings (SSSR count). The molecule has 0 atom stereocenters. The zero-order chi connectivity index (χ0) is 15.7. The molecule has 2 amide bonds. The number of hydrogen-bond acceptors (Lipinski definition) is 4. The molecule has 1 aliphatic rings. The molecule has 6 nitrogen and oxygen atoms in total. The number of fused-ring (bicyclic) bond motifs is 1. The van der Waals surface area contributed by atoms with E-state index in [-0.39, 0.29) is 17.5 Å². The van der Waals surface area contributed by atoms with Crippen LogP contribution in [0.25, 0.3) is 0 Å². The first-order valence-electron chi connectivity index (χ1n) is 6.87. The van der Waals surface area contributed by atoms with E-state index in [0.29, 0.717) is 11.5 Å². The van der Waals surface area contributed by atoms with E-state index in [9.17, 15) is 14.4 Å². The van der Waals surface area contributed by atoms with Crippen LogP contribution < -0.4 is 0 Å². The average molecular weight is 298 g/mol. The van der Waals surface area contributed by atoms with Gasteiger partial charge in [-0.3, -0.25) is 9.59 Å². The first-order chi connectivity index (χ1) is 10.6. The predicted octanol–water partition coefficient (Wildman–Crippen LogP) is 1.71. The number of benzene rings is 1. The van der Waals surface area contributed by atoms with Gasteiger partial charge >= 0.3 is 5.97 Å². The maximum atomic E-state index is 12.1. The Morgan fingerprint density at radius 1 is 1.05 bits per heavy atom. The molecular weight excluding hydrogens is 284 g/mol. The van der Waals surface area contributed by atoms with Crippen LogP contribution in [0.2, 0.25) is 0 Å². The van der Waals surface area contributed by atoms with Crippen LogP contribution in [0.3, 0.4) is 0 Å². The summed E-state index contributed by atoms with van der Waals surface area (Å²) in [7, 11) is 1.88. The Balaban J connectivity index is 1.64. The van der Waals surface area contributed by atoms with Gasteiger partial charge in [0.15, 0.2) is 0 Å². The normalized spacial score (nSPS) is 13.4. The third-order valence-corrected chi connectivity index (χ3v) is 3.59. The van der Waals surface area contributed by atoms with Crippen molar-refractivity contribution in [3.05, 3.63) is 59.4 Å². The molecule has 0 saturated heterocycles. The van der Waals surface area contributed by atoms with Gasteiger partial charge in [-0.1, -0.05) is 17.2 Å². The number of aryl methyl sites for hydroxylation is 2. The van der Waals surface area contributed by atoms with Gasteiger partial charge < -0.3 is 9.40 Å². The molecule has 1 aromatic carbocycles. The van der Waals surface area contributed by atoms with Crippen LogP contribution in [0.15, 0.2) is 42.6 Å². The van der Waals surface area contributed by atoms with E-state index in [1.165, 1.54) is 12.1 Å². The Bertz CT molecular complexity index is 728. The number of imide groups is 1. The molecule has 1 aliphatic heterocycles. The number of carbonyl (C=O) groups excluding carboxylic acids is 3. The van der Waals surface area contributed by atoms with Gasteiger partial charge in [0.2, 0.25) is 0 Å². The molecule has 0 saturated carbocycles. The van der Waals surface area contributed by atoms with Crippen molar-refractivity contribution in [2.75, 3.05) is 0 Å². The highest BCUT2D eigenvalue weighted by atomic mass is 16.7. The molecule has 0 bridgehead atoms. The third-order valence-electron chi connectivity index (χ3n) is 3.59. The summed E-state index contributed by atoms with van der Waals surface area (Å²) >= 11 is 0. The van der Waals surface area contributed by atoms with Gasteiger partial charge in [-0.15, -0.1) is 0 Å². The zero-order valence-electron chi connectivity index (χ0n) is 12.0. The van der Waals surface area contributed by atoms with Crippen molar-refractivity contribution in [3.8, 4) is 0 Å². The second-order valence-electron chi connectivity index (χ2n) is 5.02. The Hall–Kier alpha value is -2.89. The summed E-state index contributed by atoms with van der Waals surface area (Å²) in [4.78, 5) is 40.9. The molecule has 112 valence electrons. The second kappa shape index (κ2) is 5.48. The Morgan fingerprint density at radius 2 is 1.68 bits per heavy atom. The van der Waals surface area contributed by atoms with E-state index in [4.69, 9.17) is 4.84 Å². The molecule has 2 heterocycles. The van der Waals surface area contributed by atoms with Gasteiger partial charge in [0, 0.05) is 18.9 Å². The summed E-state index contributed by atoms with van der Waals surface area (Å²) in [5.41, 5.74) is 1.48. The minimum Gasteiger partial charge on any atom is -0.354 e. The molecule has 0 radical (unpaired) electrons. The lowest BCUT2D eigenvalue weighted by Gasteiger charge is -2.12. The van der Waals surface area contributed by atoms with E-state index in [1.807, 2.05) is 29.9 Å². The number of aromatic nitrogens is 1. The van der Waals surface area contributed by atoms with E-state index in [0.717, 1.165) is 5.69 Å². The van der Waals surface area contributed by atoms with Crippen molar-refractivity contribution in [2.45, 2.75) is 12.8 Å². The Morgan fingerprint density at radius 3 is 2.23 bits per heavy atom. The standard InChI is InChI=1S/C16H14N2O4/c1-17-10-4-5-11(17)8-9-14(19)22-18-15(20)12-6-2-3-7-13(12)16(18)21/h2-7,10H,8-9H2,1H3. The Labute approximate surface area is 126 Å². The lowest BCUT2D eigenvalue weighted by Crippen LogP contribution is -2.32. The maximum Gasteiger partial charge on any atom is 0.333 e. The van der Waals surface area contributed by atoms with Crippen molar-refractivity contribution in [1.82, 2.24) is 9.63 Å². The van der Waals surface area contributed by atoms with Crippen molar-refractivity contribution in [2.24, 2.45) is 7.05 Å². The first-order valence-corrected chi connectivity index (χ1v) is 6.87. The third kappa shape index (κ3) is 2.39. The van der Waals surface area contributed by atoms with Crippen LogP contribution in [0.5, 0.6) is 0 Å². The fourth-order valence-corrected chi connectivity index (χ4v) is 2.38. The van der Waals surface area contributed by atoms with Crippen molar-refractivity contribution < 1.29 is 19.2 Å². The molecule has 2 aromatic rings. The van der Waals surface area contributed by atoms with Gasteiger partial charge in [-0.05, 0) is 30.7 Å². The molecule has 1 aromatic heterocycles. The molecule has 6 heteroatoms. The van der Waals surface area contributed by atoms with E-state index in [2.05, 4.69) is 0 Å². The minimum atomic E-state index is -0.615.